The molecule has 1 nitrogen and oxygen atoms in total. The van der Waals surface area contributed by atoms with Crippen LogP contribution in [0.4, 0.5) is 0 Å². The number of benzene rings is 1. The maximum Gasteiger partial charge on any atom is 0.0695 e. The number of halogens is 1. The maximum atomic E-state index is 9.21. The third-order valence-electron chi connectivity index (χ3n) is 2.09. The van der Waals surface area contributed by atoms with Crippen LogP contribution in [0.25, 0.3) is 10.1 Å². The predicted octanol–water partition coefficient (Wildman–Crippen LogP) is 3.72. The summed E-state index contributed by atoms with van der Waals surface area (Å²) in [6.45, 7) is 0.127. The first kappa shape index (κ1) is 10.7. The van der Waals surface area contributed by atoms with E-state index >= 15 is 0 Å². The van der Waals surface area contributed by atoms with Gasteiger partial charge in [0.25, 0.3) is 0 Å². The topological polar surface area (TPSA) is 20.2 Å². The molecule has 0 radical (unpaired) electrons. The standard InChI is InChI=1S/C10H9IOS2/c1-13-8-3-2-6(5-12)10-7(8)4-9(11)14-10/h2-4,12H,5H2,1H3. The summed E-state index contributed by atoms with van der Waals surface area (Å²) in [5.74, 6) is 0. The van der Waals surface area contributed by atoms with Crippen LogP contribution in [0.1, 0.15) is 5.56 Å². The third kappa shape index (κ3) is 1.80. The molecule has 0 aliphatic heterocycles. The lowest BCUT2D eigenvalue weighted by Gasteiger charge is -2.02. The number of thiophene rings is 1. The summed E-state index contributed by atoms with van der Waals surface area (Å²) in [6.07, 6.45) is 2.08. The number of thioether (sulfide) groups is 1. The van der Waals surface area contributed by atoms with Crippen molar-refractivity contribution in [3.63, 3.8) is 0 Å². The Balaban J connectivity index is 2.77. The number of aliphatic hydroxyl groups excluding tert-OH is 1. The smallest absolute Gasteiger partial charge is 0.0695 e. The number of hydrogen-bond donors (Lipinski definition) is 1. The van der Waals surface area contributed by atoms with E-state index in [0.29, 0.717) is 0 Å². The van der Waals surface area contributed by atoms with E-state index in [1.165, 1.54) is 17.9 Å². The van der Waals surface area contributed by atoms with Gasteiger partial charge in [0.05, 0.1) is 9.49 Å². The monoisotopic (exact) mass is 336 g/mol. The van der Waals surface area contributed by atoms with Gasteiger partial charge in [-0.2, -0.15) is 0 Å². The molecule has 0 saturated carbocycles. The molecular formula is C10H9IOS2. The molecule has 14 heavy (non-hydrogen) atoms. The minimum absolute atomic E-state index is 0.127. The van der Waals surface area contributed by atoms with Crippen LogP contribution in [-0.4, -0.2) is 11.4 Å². The van der Waals surface area contributed by atoms with Crippen molar-refractivity contribution in [1.82, 2.24) is 0 Å². The number of hydrogen-bond acceptors (Lipinski definition) is 3. The molecule has 4 heteroatoms. The van der Waals surface area contributed by atoms with Crippen molar-refractivity contribution in [2.45, 2.75) is 11.5 Å². The molecule has 0 bridgehead atoms. The van der Waals surface area contributed by atoms with E-state index in [2.05, 4.69) is 41.0 Å². The lowest BCUT2D eigenvalue weighted by molar-refractivity contribution is 0.283. The largest absolute Gasteiger partial charge is 0.392 e. The highest BCUT2D eigenvalue weighted by molar-refractivity contribution is 14.1. The maximum absolute atomic E-state index is 9.21. The first-order valence-electron chi connectivity index (χ1n) is 4.12. The van der Waals surface area contributed by atoms with Crippen LogP contribution >= 0.6 is 45.7 Å². The Morgan fingerprint density at radius 1 is 1.50 bits per heavy atom. The minimum atomic E-state index is 0.127. The molecule has 0 spiro atoms. The summed E-state index contributed by atoms with van der Waals surface area (Å²) >= 11 is 5.83. The summed E-state index contributed by atoms with van der Waals surface area (Å²) in [4.78, 5) is 1.29. The molecule has 2 rings (SSSR count). The van der Waals surface area contributed by atoms with Gasteiger partial charge in [0.2, 0.25) is 0 Å². The summed E-state index contributed by atoms with van der Waals surface area (Å²) in [5.41, 5.74) is 1.03. The Morgan fingerprint density at radius 3 is 2.93 bits per heavy atom. The summed E-state index contributed by atoms with van der Waals surface area (Å²) < 4.78 is 2.50. The highest BCUT2D eigenvalue weighted by Gasteiger charge is 2.08. The van der Waals surface area contributed by atoms with Gasteiger partial charge >= 0.3 is 0 Å². The van der Waals surface area contributed by atoms with Gasteiger partial charge in [-0.3, -0.25) is 0 Å². The zero-order valence-electron chi connectivity index (χ0n) is 7.58. The minimum Gasteiger partial charge on any atom is -0.392 e. The van der Waals surface area contributed by atoms with Crippen LogP contribution in [0, 0.1) is 2.88 Å². The van der Waals surface area contributed by atoms with E-state index in [1.54, 1.807) is 23.1 Å². The number of aliphatic hydroxyl groups is 1. The van der Waals surface area contributed by atoms with Gasteiger partial charge in [0.1, 0.15) is 0 Å². The first-order chi connectivity index (χ1) is 6.76. The van der Waals surface area contributed by atoms with Gasteiger partial charge in [0, 0.05) is 15.0 Å². The van der Waals surface area contributed by atoms with Crippen molar-refractivity contribution in [1.29, 1.82) is 0 Å². The average Bonchev–Trinajstić information content (AvgIpc) is 2.57. The molecule has 0 saturated heterocycles. The van der Waals surface area contributed by atoms with Crippen LogP contribution in [0.2, 0.25) is 0 Å². The zero-order chi connectivity index (χ0) is 10.1. The van der Waals surface area contributed by atoms with Crippen LogP contribution < -0.4 is 0 Å². The van der Waals surface area contributed by atoms with E-state index in [-0.39, 0.29) is 6.61 Å². The normalized spacial score (nSPS) is 11.1. The third-order valence-corrected chi connectivity index (χ3v) is 4.85. The van der Waals surface area contributed by atoms with Crippen molar-refractivity contribution in [3.8, 4) is 0 Å². The van der Waals surface area contributed by atoms with Crippen molar-refractivity contribution in [2.75, 3.05) is 6.26 Å². The van der Waals surface area contributed by atoms with Gasteiger partial charge in [-0.1, -0.05) is 6.07 Å². The molecule has 2 aromatic rings. The molecule has 0 aliphatic carbocycles. The first-order valence-corrected chi connectivity index (χ1v) is 7.24. The van der Waals surface area contributed by atoms with Gasteiger partial charge < -0.3 is 5.11 Å². The molecule has 0 unspecified atom stereocenters. The molecular weight excluding hydrogens is 327 g/mol. The Hall–Kier alpha value is 0.220. The van der Waals surface area contributed by atoms with Crippen LogP contribution in [0.15, 0.2) is 23.1 Å². The van der Waals surface area contributed by atoms with Crippen LogP contribution in [-0.2, 0) is 6.61 Å². The van der Waals surface area contributed by atoms with Crippen molar-refractivity contribution in [3.05, 3.63) is 26.6 Å². The SMILES string of the molecule is CSc1ccc(CO)c2sc(I)cc12. The van der Waals surface area contributed by atoms with Crippen LogP contribution in [0.5, 0.6) is 0 Å². The number of rotatable bonds is 2. The van der Waals surface area contributed by atoms with Crippen molar-refractivity contribution < 1.29 is 5.11 Å². The molecule has 74 valence electrons. The molecule has 0 aliphatic rings. The van der Waals surface area contributed by atoms with Gasteiger partial charge in [-0.25, -0.2) is 0 Å². The van der Waals surface area contributed by atoms with E-state index in [9.17, 15) is 5.11 Å². The second kappa shape index (κ2) is 4.38. The van der Waals surface area contributed by atoms with E-state index in [1.807, 2.05) is 6.07 Å². The van der Waals surface area contributed by atoms with Gasteiger partial charge in [0.15, 0.2) is 0 Å². The van der Waals surface area contributed by atoms with E-state index < -0.39 is 0 Å². The predicted molar refractivity (Wildman–Crippen MR) is 72.2 cm³/mol. The molecule has 0 amide bonds. The highest BCUT2D eigenvalue weighted by atomic mass is 127. The summed E-state index contributed by atoms with van der Waals surface area (Å²) in [7, 11) is 0. The van der Waals surface area contributed by atoms with E-state index in [4.69, 9.17) is 0 Å². The molecule has 1 aromatic carbocycles. The Labute approximate surface area is 105 Å². The lowest BCUT2D eigenvalue weighted by atomic mass is 10.2. The van der Waals surface area contributed by atoms with Gasteiger partial charge in [-0.05, 0) is 46.5 Å². The van der Waals surface area contributed by atoms with Gasteiger partial charge in [-0.15, -0.1) is 23.1 Å². The molecule has 1 heterocycles. The van der Waals surface area contributed by atoms with Crippen LogP contribution in [0.3, 0.4) is 0 Å². The zero-order valence-corrected chi connectivity index (χ0v) is 11.4. The highest BCUT2D eigenvalue weighted by Crippen LogP contribution is 2.35. The number of fused-ring (bicyclic) bond motifs is 1. The fourth-order valence-corrected chi connectivity index (χ4v) is 3.96. The van der Waals surface area contributed by atoms with Crippen molar-refractivity contribution >= 4 is 55.8 Å². The second-order valence-electron chi connectivity index (χ2n) is 2.88. The second-order valence-corrected chi connectivity index (χ2v) is 6.67. The molecule has 0 atom stereocenters. The molecule has 1 aromatic heterocycles. The fourth-order valence-electron chi connectivity index (χ4n) is 1.43. The fraction of sp³-hybridized carbons (Fsp3) is 0.200. The van der Waals surface area contributed by atoms with E-state index in [0.717, 1.165) is 5.56 Å². The van der Waals surface area contributed by atoms with Crippen molar-refractivity contribution in [2.24, 2.45) is 0 Å². The Morgan fingerprint density at radius 2 is 2.29 bits per heavy atom. The Kier molecular flexibility index (Phi) is 3.36. The quantitative estimate of drug-likeness (QED) is 0.666. The molecule has 1 N–H and O–H groups in total. The summed E-state index contributed by atoms with van der Waals surface area (Å²) in [6, 6.07) is 6.29. The Bertz CT molecular complexity index is 423. The summed E-state index contributed by atoms with van der Waals surface area (Å²) in [5, 5.41) is 10.5. The lowest BCUT2D eigenvalue weighted by Crippen LogP contribution is -1.83. The molecule has 0 fully saturated rings. The average molecular weight is 336 g/mol.